The lowest BCUT2D eigenvalue weighted by atomic mass is 9.98. The van der Waals surface area contributed by atoms with E-state index in [1.54, 1.807) is 0 Å². The molecule has 0 amide bonds. The van der Waals surface area contributed by atoms with E-state index >= 15 is 0 Å². The summed E-state index contributed by atoms with van der Waals surface area (Å²) in [6.07, 6.45) is 50.6. The van der Waals surface area contributed by atoms with Crippen molar-refractivity contribution in [2.45, 2.75) is 287 Å². The molecule has 2 rings (SSSR count). The largest absolute Gasteiger partial charge is 0.457 e. The molecule has 2 aliphatic heterocycles. The van der Waals surface area contributed by atoms with Crippen molar-refractivity contribution in [3.05, 3.63) is 85.1 Å². The van der Waals surface area contributed by atoms with Gasteiger partial charge in [-0.05, 0) is 89.9 Å². The van der Waals surface area contributed by atoms with Gasteiger partial charge in [0.15, 0.2) is 12.6 Å². The zero-order valence-corrected chi connectivity index (χ0v) is 49.1. The molecule has 0 bridgehead atoms. The zero-order valence-electron chi connectivity index (χ0n) is 49.1. The lowest BCUT2D eigenvalue weighted by molar-refractivity contribution is -0.332. The van der Waals surface area contributed by atoms with Crippen LogP contribution in [0.15, 0.2) is 85.1 Å². The fourth-order valence-corrected chi connectivity index (χ4v) is 9.40. The highest BCUT2D eigenvalue weighted by atomic mass is 16.7. The first-order valence-corrected chi connectivity index (χ1v) is 31.2. The Morgan fingerprint density at radius 2 is 0.823 bits per heavy atom. The molecule has 0 aromatic carbocycles. The third-order valence-electron chi connectivity index (χ3n) is 14.4. The van der Waals surface area contributed by atoms with Crippen molar-refractivity contribution in [2.24, 2.45) is 0 Å². The Labute approximate surface area is 478 Å². The van der Waals surface area contributed by atoms with Crippen molar-refractivity contribution in [1.29, 1.82) is 0 Å². The first-order chi connectivity index (χ1) is 38.6. The van der Waals surface area contributed by atoms with E-state index in [-0.39, 0.29) is 25.6 Å². The molecule has 11 atom stereocenters. The number of carbonyl (C=O) groups excluding carboxylic acids is 1. The van der Waals surface area contributed by atoms with Crippen LogP contribution >= 0.6 is 0 Å². The molecule has 14 heteroatoms. The van der Waals surface area contributed by atoms with Crippen molar-refractivity contribution in [2.75, 3.05) is 33.0 Å². The van der Waals surface area contributed by atoms with E-state index in [0.717, 1.165) is 89.9 Å². The van der Waals surface area contributed by atoms with E-state index in [2.05, 4.69) is 98.9 Å². The number of aliphatic hydroxyl groups is 7. The highest BCUT2D eigenvalue weighted by Gasteiger charge is 2.47. The summed E-state index contributed by atoms with van der Waals surface area (Å²) >= 11 is 0. The van der Waals surface area contributed by atoms with Crippen LogP contribution in [0.5, 0.6) is 0 Å². The Kier molecular flexibility index (Phi) is 46.5. The Morgan fingerprint density at radius 1 is 0.430 bits per heavy atom. The summed E-state index contributed by atoms with van der Waals surface area (Å²) in [4.78, 5) is 13.1. The molecule has 456 valence electrons. The maximum atomic E-state index is 13.1. The second-order valence-electron chi connectivity index (χ2n) is 21.5. The van der Waals surface area contributed by atoms with Crippen LogP contribution in [0, 0.1) is 0 Å². The Balaban J connectivity index is 1.70. The predicted octanol–water partition coefficient (Wildman–Crippen LogP) is 12.0. The molecule has 79 heavy (non-hydrogen) atoms. The van der Waals surface area contributed by atoms with Crippen LogP contribution in [-0.4, -0.2) is 142 Å². The normalized spacial score (nSPS) is 24.6. The van der Waals surface area contributed by atoms with Gasteiger partial charge in [-0.3, -0.25) is 4.79 Å². The molecule has 0 aliphatic carbocycles. The molecule has 0 spiro atoms. The first-order valence-electron chi connectivity index (χ1n) is 31.2. The van der Waals surface area contributed by atoms with Crippen LogP contribution in [0.2, 0.25) is 0 Å². The van der Waals surface area contributed by atoms with E-state index in [1.807, 2.05) is 0 Å². The Hall–Kier alpha value is -2.83. The molecule has 14 nitrogen and oxygen atoms in total. The van der Waals surface area contributed by atoms with Crippen molar-refractivity contribution in [1.82, 2.24) is 0 Å². The van der Waals surface area contributed by atoms with Crippen molar-refractivity contribution >= 4 is 5.97 Å². The van der Waals surface area contributed by atoms with Crippen LogP contribution in [0.25, 0.3) is 0 Å². The number of esters is 1. The number of allylic oxidation sites excluding steroid dienone is 14. The average Bonchev–Trinajstić information content (AvgIpc) is 3.46. The molecule has 2 aliphatic rings. The zero-order chi connectivity index (χ0) is 57.2. The van der Waals surface area contributed by atoms with Gasteiger partial charge < -0.3 is 64.2 Å². The predicted molar refractivity (Wildman–Crippen MR) is 316 cm³/mol. The maximum Gasteiger partial charge on any atom is 0.306 e. The van der Waals surface area contributed by atoms with Gasteiger partial charge in [-0.25, -0.2) is 0 Å². The summed E-state index contributed by atoms with van der Waals surface area (Å²) in [5, 5.41) is 72.5. The molecule has 0 radical (unpaired) electrons. The topological polar surface area (TPSA) is 214 Å². The molecule has 0 aromatic rings. The first kappa shape index (κ1) is 72.3. The monoisotopic (exact) mass is 1120 g/mol. The maximum absolute atomic E-state index is 13.1. The number of carbonyl (C=O) groups is 1. The lowest BCUT2D eigenvalue weighted by Crippen LogP contribution is -2.61. The fourth-order valence-electron chi connectivity index (χ4n) is 9.40. The van der Waals surface area contributed by atoms with E-state index < -0.39 is 80.7 Å². The SMILES string of the molecule is CC/C=C\C/C=C\C/C=C\C/C=C\CCCCCCCCCCCCC(=O)OC(COCCCCCCCCC/C=C\C/C=C\C/C=C\CCCCCCC)COC1OC(COC2OC(CO)C(O)C(O)C2O)C(O)C(O)C1O. The van der Waals surface area contributed by atoms with E-state index in [4.69, 9.17) is 28.4 Å². The van der Waals surface area contributed by atoms with E-state index in [9.17, 15) is 40.5 Å². The molecular weight excluding hydrogens is 1000 g/mol. The fraction of sp³-hybridized carbons (Fsp3) is 0.769. The second-order valence-corrected chi connectivity index (χ2v) is 21.5. The van der Waals surface area contributed by atoms with Crippen LogP contribution in [0.1, 0.15) is 219 Å². The van der Waals surface area contributed by atoms with Crippen LogP contribution in [-0.2, 0) is 33.2 Å². The number of ether oxygens (including phenoxy) is 6. The van der Waals surface area contributed by atoms with Crippen LogP contribution < -0.4 is 0 Å². The van der Waals surface area contributed by atoms with Gasteiger partial charge in [0.05, 0.1) is 26.4 Å². The number of unbranched alkanes of at least 4 members (excludes halogenated alkanes) is 22. The van der Waals surface area contributed by atoms with E-state index in [0.29, 0.717) is 13.0 Å². The Bertz CT molecular complexity index is 1630. The standard InChI is InChI=1S/C65H112O14/c1-3-5-7-9-11-13-15-17-19-21-23-25-27-28-30-32-34-36-38-40-42-44-46-48-57(67)77-54(51-74-49-47-45-43-41-39-37-35-33-31-29-26-24-22-20-18-16-14-12-10-8-6-4-2)52-75-64-63(73)61(71)59(69)56(79-64)53-76-65-62(72)60(70)58(68)55(50-66)78-65/h5,7,11,13,16-19,22-25,29,31,54-56,58-66,68-73H,3-4,6,8-10,12,14-15,20-21,26-28,30,32-53H2,1-2H3/b7-5-,13-11-,18-16-,19-17-,24-22-,25-23-,31-29-. The van der Waals surface area contributed by atoms with Crippen LogP contribution in [0.3, 0.4) is 0 Å². The van der Waals surface area contributed by atoms with Crippen molar-refractivity contribution in [3.63, 3.8) is 0 Å². The Morgan fingerprint density at radius 3 is 1.29 bits per heavy atom. The van der Waals surface area contributed by atoms with Crippen molar-refractivity contribution < 1.29 is 69.0 Å². The lowest BCUT2D eigenvalue weighted by Gasteiger charge is -2.42. The summed E-state index contributed by atoms with van der Waals surface area (Å²) in [5.41, 5.74) is 0. The summed E-state index contributed by atoms with van der Waals surface area (Å²) in [6, 6.07) is 0. The minimum Gasteiger partial charge on any atom is -0.457 e. The van der Waals surface area contributed by atoms with Crippen LogP contribution in [0.4, 0.5) is 0 Å². The number of rotatable bonds is 50. The van der Waals surface area contributed by atoms with E-state index in [1.165, 1.54) is 103 Å². The molecule has 2 saturated heterocycles. The summed E-state index contributed by atoms with van der Waals surface area (Å²) in [6.45, 7) is 3.55. The molecule has 7 N–H and O–H groups in total. The summed E-state index contributed by atoms with van der Waals surface area (Å²) in [7, 11) is 0. The van der Waals surface area contributed by atoms with Gasteiger partial charge in [0.2, 0.25) is 0 Å². The third kappa shape index (κ3) is 37.1. The van der Waals surface area contributed by atoms with Gasteiger partial charge in [0, 0.05) is 13.0 Å². The summed E-state index contributed by atoms with van der Waals surface area (Å²) in [5.74, 6) is -0.386. The van der Waals surface area contributed by atoms with Crippen molar-refractivity contribution in [3.8, 4) is 0 Å². The quantitative estimate of drug-likeness (QED) is 0.0172. The minimum atomic E-state index is -1.71. The van der Waals surface area contributed by atoms with Gasteiger partial charge in [0.1, 0.15) is 54.9 Å². The summed E-state index contributed by atoms with van der Waals surface area (Å²) < 4.78 is 34.4. The van der Waals surface area contributed by atoms with Gasteiger partial charge in [-0.2, -0.15) is 0 Å². The molecule has 11 unspecified atom stereocenters. The molecule has 0 aromatic heterocycles. The van der Waals surface area contributed by atoms with Gasteiger partial charge >= 0.3 is 5.97 Å². The number of hydrogen-bond donors (Lipinski definition) is 7. The average molecular weight is 1120 g/mol. The highest BCUT2D eigenvalue weighted by Crippen LogP contribution is 2.27. The molecule has 2 fully saturated rings. The second kappa shape index (κ2) is 50.9. The van der Waals surface area contributed by atoms with Gasteiger partial charge in [-0.1, -0.05) is 208 Å². The highest BCUT2D eigenvalue weighted by molar-refractivity contribution is 5.69. The minimum absolute atomic E-state index is 0.0490. The number of aliphatic hydroxyl groups excluding tert-OH is 7. The van der Waals surface area contributed by atoms with Gasteiger partial charge in [0.25, 0.3) is 0 Å². The molecule has 0 saturated carbocycles. The third-order valence-corrected chi connectivity index (χ3v) is 14.4. The molecular formula is C65H112O14. The smallest absolute Gasteiger partial charge is 0.306 e. The number of hydrogen-bond acceptors (Lipinski definition) is 14. The van der Waals surface area contributed by atoms with Gasteiger partial charge in [-0.15, -0.1) is 0 Å². The molecule has 2 heterocycles.